The summed E-state index contributed by atoms with van der Waals surface area (Å²) in [7, 11) is 0. The first-order valence-electron chi connectivity index (χ1n) is 4.09. The number of nitrogens with zero attached hydrogens (tertiary/aromatic N) is 1. The van der Waals surface area contributed by atoms with Crippen LogP contribution in [-0.2, 0) is 16.0 Å². The second kappa shape index (κ2) is 4.87. The standard InChI is InChI=1S/C10H10N2O2/c11-4-5-14-10(13)7-8-2-1-3-9(12)6-8/h1-3,6H,5,7,12H2. The molecule has 1 rings (SSSR count). The van der Waals surface area contributed by atoms with Gasteiger partial charge in [0.15, 0.2) is 6.61 Å². The van der Waals surface area contributed by atoms with Crippen LogP contribution in [0.1, 0.15) is 5.56 Å². The van der Waals surface area contributed by atoms with Crippen LogP contribution >= 0.6 is 0 Å². The fourth-order valence-electron chi connectivity index (χ4n) is 1.03. The third-order valence-corrected chi connectivity index (χ3v) is 1.60. The van der Waals surface area contributed by atoms with E-state index in [0.29, 0.717) is 5.69 Å². The largest absolute Gasteiger partial charge is 0.450 e. The number of ether oxygens (including phenoxy) is 1. The third kappa shape index (κ3) is 3.15. The van der Waals surface area contributed by atoms with E-state index in [-0.39, 0.29) is 13.0 Å². The van der Waals surface area contributed by atoms with Crippen LogP contribution in [0.15, 0.2) is 24.3 Å². The zero-order chi connectivity index (χ0) is 10.4. The topological polar surface area (TPSA) is 76.1 Å². The summed E-state index contributed by atoms with van der Waals surface area (Å²) < 4.78 is 4.59. The summed E-state index contributed by atoms with van der Waals surface area (Å²) >= 11 is 0. The summed E-state index contributed by atoms with van der Waals surface area (Å²) in [6.07, 6.45) is 0.146. The molecule has 0 radical (unpaired) electrons. The third-order valence-electron chi connectivity index (χ3n) is 1.60. The van der Waals surface area contributed by atoms with Gasteiger partial charge in [-0.1, -0.05) is 12.1 Å². The zero-order valence-electron chi connectivity index (χ0n) is 7.56. The van der Waals surface area contributed by atoms with Crippen LogP contribution < -0.4 is 5.73 Å². The molecule has 0 saturated heterocycles. The molecule has 0 aliphatic heterocycles. The van der Waals surface area contributed by atoms with Crippen LogP contribution in [0.2, 0.25) is 0 Å². The summed E-state index contributed by atoms with van der Waals surface area (Å²) in [5.41, 5.74) is 6.92. The molecule has 2 N–H and O–H groups in total. The predicted octanol–water partition coefficient (Wildman–Crippen LogP) is 0.878. The first-order chi connectivity index (χ1) is 6.72. The molecule has 0 amide bonds. The molecule has 0 heterocycles. The Balaban J connectivity index is 2.53. The molecule has 1 aromatic carbocycles. The van der Waals surface area contributed by atoms with E-state index >= 15 is 0 Å². The molecule has 0 saturated carbocycles. The maximum Gasteiger partial charge on any atom is 0.311 e. The van der Waals surface area contributed by atoms with Gasteiger partial charge in [0.2, 0.25) is 0 Å². The minimum Gasteiger partial charge on any atom is -0.450 e. The molecular weight excluding hydrogens is 180 g/mol. The Labute approximate surface area is 81.9 Å². The maximum atomic E-state index is 11.1. The Kier molecular flexibility index (Phi) is 3.50. The van der Waals surface area contributed by atoms with Crippen molar-refractivity contribution >= 4 is 11.7 Å². The van der Waals surface area contributed by atoms with E-state index < -0.39 is 5.97 Å². The van der Waals surface area contributed by atoms with Crippen LogP contribution in [0.5, 0.6) is 0 Å². The minimum absolute atomic E-state index is 0.146. The van der Waals surface area contributed by atoms with Gasteiger partial charge in [-0.2, -0.15) is 5.26 Å². The molecule has 4 nitrogen and oxygen atoms in total. The molecule has 14 heavy (non-hydrogen) atoms. The lowest BCUT2D eigenvalue weighted by atomic mass is 10.1. The van der Waals surface area contributed by atoms with Crippen molar-refractivity contribution in [3.05, 3.63) is 29.8 Å². The predicted molar refractivity (Wildman–Crippen MR) is 51.1 cm³/mol. The van der Waals surface area contributed by atoms with E-state index in [4.69, 9.17) is 11.0 Å². The average Bonchev–Trinajstić information content (AvgIpc) is 2.15. The van der Waals surface area contributed by atoms with Gasteiger partial charge >= 0.3 is 5.97 Å². The fraction of sp³-hybridized carbons (Fsp3) is 0.200. The fourth-order valence-corrected chi connectivity index (χ4v) is 1.03. The lowest BCUT2D eigenvalue weighted by molar-refractivity contribution is -0.141. The van der Waals surface area contributed by atoms with Crippen LogP contribution in [0.25, 0.3) is 0 Å². The van der Waals surface area contributed by atoms with Gasteiger partial charge in [-0.15, -0.1) is 0 Å². The summed E-state index contributed by atoms with van der Waals surface area (Å²) in [5, 5.41) is 8.18. The Morgan fingerprint density at radius 2 is 2.36 bits per heavy atom. The monoisotopic (exact) mass is 190 g/mol. The van der Waals surface area contributed by atoms with Gasteiger partial charge in [0.05, 0.1) is 6.42 Å². The van der Waals surface area contributed by atoms with Crippen LogP contribution in [0.3, 0.4) is 0 Å². The Bertz CT molecular complexity index is 369. The lowest BCUT2D eigenvalue weighted by Gasteiger charge is -2.01. The minimum atomic E-state index is -0.419. The van der Waals surface area contributed by atoms with E-state index in [1.807, 2.05) is 0 Å². The number of nitriles is 1. The summed E-state index contributed by atoms with van der Waals surface area (Å²) in [5.74, 6) is -0.419. The van der Waals surface area contributed by atoms with Crippen molar-refractivity contribution in [1.29, 1.82) is 5.26 Å². The van der Waals surface area contributed by atoms with Crippen molar-refractivity contribution in [3.63, 3.8) is 0 Å². The van der Waals surface area contributed by atoms with E-state index in [2.05, 4.69) is 4.74 Å². The van der Waals surface area contributed by atoms with Gasteiger partial charge in [0, 0.05) is 5.69 Å². The summed E-state index contributed by atoms with van der Waals surface area (Å²) in [4.78, 5) is 11.1. The van der Waals surface area contributed by atoms with Crippen LogP contribution in [0.4, 0.5) is 5.69 Å². The van der Waals surface area contributed by atoms with Crippen molar-refractivity contribution in [2.45, 2.75) is 6.42 Å². The van der Waals surface area contributed by atoms with Crippen LogP contribution in [-0.4, -0.2) is 12.6 Å². The number of hydrogen-bond donors (Lipinski definition) is 1. The van der Waals surface area contributed by atoms with Crippen molar-refractivity contribution in [3.8, 4) is 6.07 Å². The van der Waals surface area contributed by atoms with E-state index in [1.54, 1.807) is 30.3 Å². The molecule has 0 unspecified atom stereocenters. The quantitative estimate of drug-likeness (QED) is 0.567. The summed E-state index contributed by atoms with van der Waals surface area (Å²) in [6.45, 7) is -0.207. The molecule has 0 aliphatic carbocycles. The molecule has 0 atom stereocenters. The molecule has 0 aromatic heterocycles. The highest BCUT2D eigenvalue weighted by Crippen LogP contribution is 2.07. The summed E-state index contributed by atoms with van der Waals surface area (Å²) in [6, 6.07) is 8.72. The number of carbonyl (C=O) groups excluding carboxylic acids is 1. The molecule has 0 fully saturated rings. The normalized spacial score (nSPS) is 9.07. The number of hydrogen-bond acceptors (Lipinski definition) is 4. The molecule has 0 spiro atoms. The van der Waals surface area contributed by atoms with Crippen molar-refractivity contribution in [2.24, 2.45) is 0 Å². The number of benzene rings is 1. The smallest absolute Gasteiger partial charge is 0.311 e. The van der Waals surface area contributed by atoms with E-state index in [9.17, 15) is 4.79 Å². The zero-order valence-corrected chi connectivity index (χ0v) is 7.56. The molecule has 72 valence electrons. The number of anilines is 1. The Morgan fingerprint density at radius 3 is 3.00 bits per heavy atom. The second-order valence-corrected chi connectivity index (χ2v) is 2.74. The number of nitrogen functional groups attached to an aromatic ring is 1. The van der Waals surface area contributed by atoms with E-state index in [1.165, 1.54) is 0 Å². The second-order valence-electron chi connectivity index (χ2n) is 2.74. The highest BCUT2D eigenvalue weighted by atomic mass is 16.5. The van der Waals surface area contributed by atoms with Gasteiger partial charge in [0.25, 0.3) is 0 Å². The van der Waals surface area contributed by atoms with Gasteiger partial charge in [-0.3, -0.25) is 4.79 Å². The first kappa shape index (κ1) is 10.1. The molecule has 0 bridgehead atoms. The average molecular weight is 190 g/mol. The highest BCUT2D eigenvalue weighted by Gasteiger charge is 2.03. The molecular formula is C10H10N2O2. The lowest BCUT2D eigenvalue weighted by Crippen LogP contribution is -2.08. The van der Waals surface area contributed by atoms with Gasteiger partial charge < -0.3 is 10.5 Å². The van der Waals surface area contributed by atoms with Crippen molar-refractivity contribution in [2.75, 3.05) is 12.3 Å². The highest BCUT2D eigenvalue weighted by molar-refractivity contribution is 5.73. The molecule has 4 heteroatoms. The number of carbonyl (C=O) groups is 1. The van der Waals surface area contributed by atoms with Gasteiger partial charge in [-0.25, -0.2) is 0 Å². The van der Waals surface area contributed by atoms with E-state index in [0.717, 1.165) is 5.56 Å². The maximum absolute atomic E-state index is 11.1. The Hall–Kier alpha value is -2.02. The number of esters is 1. The van der Waals surface area contributed by atoms with Crippen LogP contribution in [0, 0.1) is 11.3 Å². The molecule has 1 aromatic rings. The number of nitrogens with two attached hydrogens (primary N) is 1. The van der Waals surface area contributed by atoms with Gasteiger partial charge in [-0.05, 0) is 17.7 Å². The van der Waals surface area contributed by atoms with Gasteiger partial charge in [0.1, 0.15) is 6.07 Å². The number of rotatable bonds is 3. The first-order valence-corrected chi connectivity index (χ1v) is 4.09. The molecule has 0 aliphatic rings. The van der Waals surface area contributed by atoms with Crippen molar-refractivity contribution < 1.29 is 9.53 Å². The SMILES string of the molecule is N#CCOC(=O)Cc1cccc(N)c1. The Morgan fingerprint density at radius 1 is 1.57 bits per heavy atom. The van der Waals surface area contributed by atoms with Crippen molar-refractivity contribution in [1.82, 2.24) is 0 Å².